The Bertz CT molecular complexity index is 1200. The van der Waals surface area contributed by atoms with Crippen molar-refractivity contribution in [2.24, 2.45) is 0 Å². The minimum absolute atomic E-state index is 0.148. The van der Waals surface area contributed by atoms with Crippen molar-refractivity contribution in [1.82, 2.24) is 9.29 Å². The summed E-state index contributed by atoms with van der Waals surface area (Å²) in [6, 6.07) is 10.3. The lowest BCUT2D eigenvalue weighted by Crippen LogP contribution is -2.53. The van der Waals surface area contributed by atoms with Gasteiger partial charge in [-0.05, 0) is 42.5 Å². The predicted octanol–water partition coefficient (Wildman–Crippen LogP) is 3.51. The maximum Gasteiger partial charge on any atom is 0.338 e. The van der Waals surface area contributed by atoms with Crippen LogP contribution in [-0.2, 0) is 14.8 Å². The molecule has 0 amide bonds. The summed E-state index contributed by atoms with van der Waals surface area (Å²) in [5.41, 5.74) is 1.04. The monoisotopic (exact) mass is 463 g/mol. The molecule has 10 heteroatoms. The van der Waals surface area contributed by atoms with Crippen molar-refractivity contribution in [3.8, 4) is 0 Å². The van der Waals surface area contributed by atoms with Gasteiger partial charge in [-0.25, -0.2) is 22.6 Å². The van der Waals surface area contributed by atoms with Gasteiger partial charge >= 0.3 is 5.97 Å². The largest absolute Gasteiger partial charge is 0.455 e. The number of sulfonamides is 1. The molecule has 1 fully saturated rings. The third kappa shape index (κ3) is 4.28. The van der Waals surface area contributed by atoms with Crippen LogP contribution in [0.2, 0.25) is 0 Å². The average molecular weight is 464 g/mol. The van der Waals surface area contributed by atoms with Crippen LogP contribution in [0.25, 0.3) is 10.2 Å². The van der Waals surface area contributed by atoms with Gasteiger partial charge in [0.2, 0.25) is 10.0 Å². The zero-order chi connectivity index (χ0) is 22.2. The highest BCUT2D eigenvalue weighted by Crippen LogP contribution is 2.32. The normalized spacial score (nSPS) is 14.8. The first-order chi connectivity index (χ1) is 14.8. The van der Waals surface area contributed by atoms with Crippen molar-refractivity contribution in [2.45, 2.75) is 24.8 Å². The number of carbonyl (C=O) groups is 1. The molecule has 0 spiro atoms. The average Bonchev–Trinajstić information content (AvgIpc) is 3.13. The molecule has 0 radical (unpaired) electrons. The maximum absolute atomic E-state index is 13.3. The number of ether oxygens (including phenoxy) is 1. The van der Waals surface area contributed by atoms with Crippen LogP contribution in [0.3, 0.4) is 0 Å². The molecule has 0 bridgehead atoms. The van der Waals surface area contributed by atoms with E-state index in [1.165, 1.54) is 52.0 Å². The van der Waals surface area contributed by atoms with E-state index < -0.39 is 16.0 Å². The van der Waals surface area contributed by atoms with E-state index in [9.17, 15) is 17.6 Å². The second kappa shape index (κ2) is 8.52. The number of hydrogen-bond acceptors (Lipinski definition) is 7. The Labute approximate surface area is 184 Å². The van der Waals surface area contributed by atoms with Gasteiger partial charge in [0, 0.05) is 13.1 Å². The summed E-state index contributed by atoms with van der Waals surface area (Å²) in [6.45, 7) is 5.32. The second-order valence-corrected chi connectivity index (χ2v) is 10.1. The van der Waals surface area contributed by atoms with Gasteiger partial charge in [-0.1, -0.05) is 25.2 Å². The number of carbonyl (C=O) groups excluding carboxylic acids is 1. The van der Waals surface area contributed by atoms with Gasteiger partial charge in [0.15, 0.2) is 5.13 Å². The number of hydrogen-bond donors (Lipinski definition) is 0. The lowest BCUT2D eigenvalue weighted by atomic mass is 10.2. The second-order valence-electron chi connectivity index (χ2n) is 7.15. The first-order valence-electron chi connectivity index (χ1n) is 9.94. The number of aromatic nitrogens is 1. The summed E-state index contributed by atoms with van der Waals surface area (Å²) < 4.78 is 46.1. The summed E-state index contributed by atoms with van der Waals surface area (Å²) in [6.07, 6.45) is -0.282. The van der Waals surface area contributed by atoms with Crippen molar-refractivity contribution in [1.29, 1.82) is 0 Å². The van der Waals surface area contributed by atoms with E-state index in [1.807, 2.05) is 4.90 Å². The highest BCUT2D eigenvalue weighted by atomic mass is 32.2. The molecule has 0 unspecified atom stereocenters. The number of fused-ring (bicyclic) bond motifs is 1. The molecule has 2 heterocycles. The molecule has 3 aromatic rings. The molecule has 4 rings (SSSR count). The fourth-order valence-corrected chi connectivity index (χ4v) is 5.85. The van der Waals surface area contributed by atoms with Gasteiger partial charge in [-0.3, -0.25) is 0 Å². The van der Waals surface area contributed by atoms with Gasteiger partial charge in [-0.2, -0.15) is 4.31 Å². The molecule has 1 aliphatic heterocycles. The van der Waals surface area contributed by atoms with Gasteiger partial charge in [0.25, 0.3) is 0 Å². The standard InChI is InChI=1S/C21H22FN3O4S2/c1-3-25(4-2)31(27,28)17-8-5-14(6-9-17)20(26)29-16-12-24(13-16)21-23-18-10-7-15(22)11-19(18)30-21/h5-11,16H,3-4,12-13H2,1-2H3. The molecule has 0 N–H and O–H groups in total. The van der Waals surface area contributed by atoms with Crippen molar-refractivity contribution in [3.05, 3.63) is 53.8 Å². The van der Waals surface area contributed by atoms with Gasteiger partial charge in [-0.15, -0.1) is 0 Å². The number of halogens is 1. The highest BCUT2D eigenvalue weighted by Gasteiger charge is 2.32. The quantitative estimate of drug-likeness (QED) is 0.499. The molecular formula is C21H22FN3O4S2. The fourth-order valence-electron chi connectivity index (χ4n) is 3.39. The lowest BCUT2D eigenvalue weighted by Gasteiger charge is -2.38. The van der Waals surface area contributed by atoms with Crippen molar-refractivity contribution < 1.29 is 22.3 Å². The highest BCUT2D eigenvalue weighted by molar-refractivity contribution is 7.89. The van der Waals surface area contributed by atoms with E-state index in [0.29, 0.717) is 31.7 Å². The molecule has 1 aromatic heterocycles. The van der Waals surface area contributed by atoms with Crippen LogP contribution < -0.4 is 4.90 Å². The van der Waals surface area contributed by atoms with Crippen LogP contribution in [0.4, 0.5) is 9.52 Å². The number of thiazole rings is 1. The maximum atomic E-state index is 13.3. The summed E-state index contributed by atoms with van der Waals surface area (Å²) in [5.74, 6) is -0.795. The Balaban J connectivity index is 1.36. The zero-order valence-corrected chi connectivity index (χ0v) is 18.7. The van der Waals surface area contributed by atoms with Crippen molar-refractivity contribution in [2.75, 3.05) is 31.1 Å². The van der Waals surface area contributed by atoms with Gasteiger partial charge in [0.1, 0.15) is 11.9 Å². The summed E-state index contributed by atoms with van der Waals surface area (Å²) in [5, 5.41) is 0.763. The van der Waals surface area contributed by atoms with E-state index in [-0.39, 0.29) is 16.8 Å². The number of benzene rings is 2. The number of anilines is 1. The van der Waals surface area contributed by atoms with E-state index in [4.69, 9.17) is 4.74 Å². The zero-order valence-electron chi connectivity index (χ0n) is 17.1. The molecule has 1 saturated heterocycles. The minimum Gasteiger partial charge on any atom is -0.455 e. The molecule has 164 valence electrons. The molecule has 1 aliphatic rings. The SMILES string of the molecule is CCN(CC)S(=O)(=O)c1ccc(C(=O)OC2CN(c3nc4ccc(F)cc4s3)C2)cc1. The number of nitrogens with zero attached hydrogens (tertiary/aromatic N) is 3. The Morgan fingerprint density at radius 2 is 1.87 bits per heavy atom. The van der Waals surface area contributed by atoms with Crippen LogP contribution in [-0.4, -0.2) is 56.0 Å². The summed E-state index contributed by atoms with van der Waals surface area (Å²) in [7, 11) is -3.57. The van der Waals surface area contributed by atoms with E-state index >= 15 is 0 Å². The molecule has 0 saturated carbocycles. The molecule has 0 aliphatic carbocycles. The van der Waals surface area contributed by atoms with Gasteiger partial charge in [0.05, 0.1) is 33.8 Å². The first kappa shape index (κ1) is 21.7. The first-order valence-corrected chi connectivity index (χ1v) is 12.2. The van der Waals surface area contributed by atoms with Crippen LogP contribution in [0.5, 0.6) is 0 Å². The van der Waals surface area contributed by atoms with Crippen LogP contribution in [0, 0.1) is 5.82 Å². The Hall–Kier alpha value is -2.56. The molecular weight excluding hydrogens is 441 g/mol. The Kier molecular flexibility index (Phi) is 5.96. The third-order valence-electron chi connectivity index (χ3n) is 5.16. The topological polar surface area (TPSA) is 79.8 Å². The minimum atomic E-state index is -3.57. The fraction of sp³-hybridized carbons (Fsp3) is 0.333. The number of rotatable bonds is 7. The number of esters is 1. The smallest absolute Gasteiger partial charge is 0.338 e. The Morgan fingerprint density at radius 3 is 2.52 bits per heavy atom. The molecule has 2 aromatic carbocycles. The lowest BCUT2D eigenvalue weighted by molar-refractivity contribution is 0.0234. The van der Waals surface area contributed by atoms with Crippen LogP contribution >= 0.6 is 11.3 Å². The van der Waals surface area contributed by atoms with Crippen molar-refractivity contribution in [3.63, 3.8) is 0 Å². The predicted molar refractivity (Wildman–Crippen MR) is 118 cm³/mol. The van der Waals surface area contributed by atoms with E-state index in [2.05, 4.69) is 4.98 Å². The molecule has 31 heavy (non-hydrogen) atoms. The summed E-state index contributed by atoms with van der Waals surface area (Å²) >= 11 is 1.40. The van der Waals surface area contributed by atoms with E-state index in [1.54, 1.807) is 19.9 Å². The van der Waals surface area contributed by atoms with Gasteiger partial charge < -0.3 is 9.64 Å². The van der Waals surface area contributed by atoms with Crippen LogP contribution in [0.1, 0.15) is 24.2 Å². The van der Waals surface area contributed by atoms with E-state index in [0.717, 1.165) is 15.3 Å². The summed E-state index contributed by atoms with van der Waals surface area (Å²) in [4.78, 5) is 19.0. The molecule has 0 atom stereocenters. The van der Waals surface area contributed by atoms with Crippen molar-refractivity contribution >= 4 is 42.7 Å². The molecule has 7 nitrogen and oxygen atoms in total. The van der Waals surface area contributed by atoms with Crippen LogP contribution in [0.15, 0.2) is 47.4 Å². The third-order valence-corrected chi connectivity index (χ3v) is 8.31. The Morgan fingerprint density at radius 1 is 1.19 bits per heavy atom.